The van der Waals surface area contributed by atoms with Crippen LogP contribution in [0.15, 0.2) is 53.4 Å². The zero-order valence-corrected chi connectivity index (χ0v) is 17.2. The Balaban J connectivity index is 2.27. The van der Waals surface area contributed by atoms with Gasteiger partial charge in [-0.3, -0.25) is 9.52 Å². The SMILES string of the molecule is CCOC(=O)C(C=O)c1cccc(NS(=O)(=O)c2ccc(C(C)(C)C)cc2)c1. The molecule has 1 unspecified atom stereocenters. The highest BCUT2D eigenvalue weighted by molar-refractivity contribution is 7.92. The van der Waals surface area contributed by atoms with Crippen LogP contribution in [0.3, 0.4) is 0 Å². The fraction of sp³-hybridized carbons (Fsp3) is 0.333. The number of aldehydes is 1. The summed E-state index contributed by atoms with van der Waals surface area (Å²) in [5.41, 5.74) is 1.56. The van der Waals surface area contributed by atoms with Crippen LogP contribution >= 0.6 is 0 Å². The van der Waals surface area contributed by atoms with E-state index in [0.29, 0.717) is 11.8 Å². The van der Waals surface area contributed by atoms with Crippen LogP contribution in [-0.2, 0) is 29.8 Å². The van der Waals surface area contributed by atoms with E-state index in [-0.39, 0.29) is 22.6 Å². The summed E-state index contributed by atoms with van der Waals surface area (Å²) < 4.78 is 32.7. The van der Waals surface area contributed by atoms with Crippen LogP contribution in [0, 0.1) is 0 Å². The van der Waals surface area contributed by atoms with E-state index in [9.17, 15) is 18.0 Å². The maximum absolute atomic E-state index is 12.7. The van der Waals surface area contributed by atoms with E-state index in [0.717, 1.165) is 5.56 Å². The van der Waals surface area contributed by atoms with Crippen LogP contribution in [0.1, 0.15) is 44.7 Å². The summed E-state index contributed by atoms with van der Waals surface area (Å²) in [5.74, 6) is -1.77. The van der Waals surface area contributed by atoms with Crippen LogP contribution in [0.5, 0.6) is 0 Å². The molecule has 1 N–H and O–H groups in total. The number of sulfonamides is 1. The molecule has 6 nitrogen and oxygen atoms in total. The molecule has 1 atom stereocenters. The first-order valence-corrected chi connectivity index (χ1v) is 10.4. The highest BCUT2D eigenvalue weighted by Crippen LogP contribution is 2.25. The Morgan fingerprint density at radius 2 is 1.79 bits per heavy atom. The first-order chi connectivity index (χ1) is 13.1. The van der Waals surface area contributed by atoms with E-state index in [4.69, 9.17) is 4.74 Å². The van der Waals surface area contributed by atoms with Crippen molar-refractivity contribution in [3.63, 3.8) is 0 Å². The number of carbonyl (C=O) groups excluding carboxylic acids is 2. The van der Waals surface area contributed by atoms with E-state index in [2.05, 4.69) is 4.72 Å². The lowest BCUT2D eigenvalue weighted by Crippen LogP contribution is -2.18. The summed E-state index contributed by atoms with van der Waals surface area (Å²) in [6.45, 7) is 7.95. The number of esters is 1. The van der Waals surface area contributed by atoms with Gasteiger partial charge in [-0.2, -0.15) is 0 Å². The molecule has 7 heteroatoms. The number of hydrogen-bond donors (Lipinski definition) is 1. The maximum Gasteiger partial charge on any atom is 0.320 e. The monoisotopic (exact) mass is 403 g/mol. The normalized spacial score (nSPS) is 12.9. The Morgan fingerprint density at radius 1 is 1.14 bits per heavy atom. The lowest BCUT2D eigenvalue weighted by Gasteiger charge is -2.19. The molecular weight excluding hydrogens is 378 g/mol. The van der Waals surface area contributed by atoms with E-state index in [1.165, 1.54) is 6.07 Å². The minimum absolute atomic E-state index is 0.0823. The Kier molecular flexibility index (Phi) is 6.61. The minimum atomic E-state index is -3.81. The van der Waals surface area contributed by atoms with Gasteiger partial charge in [-0.1, -0.05) is 45.0 Å². The Morgan fingerprint density at radius 3 is 2.32 bits per heavy atom. The second-order valence-corrected chi connectivity index (χ2v) is 9.05. The first-order valence-electron chi connectivity index (χ1n) is 8.93. The van der Waals surface area contributed by atoms with Gasteiger partial charge in [0, 0.05) is 5.69 Å². The third kappa shape index (κ3) is 5.19. The summed E-state index contributed by atoms with van der Waals surface area (Å²) >= 11 is 0. The summed E-state index contributed by atoms with van der Waals surface area (Å²) in [5, 5.41) is 0. The van der Waals surface area contributed by atoms with Gasteiger partial charge in [-0.25, -0.2) is 8.42 Å². The maximum atomic E-state index is 12.7. The summed E-state index contributed by atoms with van der Waals surface area (Å²) in [6, 6.07) is 12.8. The molecule has 0 aromatic heterocycles. The smallest absolute Gasteiger partial charge is 0.320 e. The van der Waals surface area contributed by atoms with Crippen LogP contribution in [-0.4, -0.2) is 27.3 Å². The quantitative estimate of drug-likeness (QED) is 0.433. The number of ether oxygens (including phenoxy) is 1. The lowest BCUT2D eigenvalue weighted by atomic mass is 9.87. The summed E-state index contributed by atoms with van der Waals surface area (Å²) in [4.78, 5) is 23.4. The molecular formula is C21H25NO5S. The van der Waals surface area contributed by atoms with Crippen molar-refractivity contribution >= 4 is 28.0 Å². The topological polar surface area (TPSA) is 89.5 Å². The van der Waals surface area contributed by atoms with Crippen LogP contribution < -0.4 is 4.72 Å². The lowest BCUT2D eigenvalue weighted by molar-refractivity contribution is -0.146. The summed E-state index contributed by atoms with van der Waals surface area (Å²) in [6.07, 6.45) is 0.483. The molecule has 0 fully saturated rings. The van der Waals surface area contributed by atoms with Crippen LogP contribution in [0.2, 0.25) is 0 Å². The van der Waals surface area contributed by atoms with Gasteiger partial charge in [0.1, 0.15) is 12.2 Å². The van der Waals surface area contributed by atoms with Crippen LogP contribution in [0.4, 0.5) is 5.69 Å². The van der Waals surface area contributed by atoms with E-state index < -0.39 is 21.9 Å². The molecule has 0 amide bonds. The predicted octanol–water partition coefficient (Wildman–Crippen LogP) is 3.63. The molecule has 28 heavy (non-hydrogen) atoms. The van der Waals surface area contributed by atoms with Gasteiger partial charge in [0.05, 0.1) is 11.5 Å². The number of benzene rings is 2. The van der Waals surface area contributed by atoms with Crippen molar-refractivity contribution < 1.29 is 22.7 Å². The van der Waals surface area contributed by atoms with Gasteiger partial charge in [0.15, 0.2) is 0 Å². The Bertz CT molecular complexity index is 944. The molecule has 0 saturated carbocycles. The van der Waals surface area contributed by atoms with E-state index >= 15 is 0 Å². The average molecular weight is 404 g/mol. The van der Waals surface area contributed by atoms with Crippen LogP contribution in [0.25, 0.3) is 0 Å². The fourth-order valence-corrected chi connectivity index (χ4v) is 3.70. The highest BCUT2D eigenvalue weighted by Gasteiger charge is 2.22. The molecule has 150 valence electrons. The second-order valence-electron chi connectivity index (χ2n) is 7.37. The van der Waals surface area contributed by atoms with Crippen molar-refractivity contribution in [2.45, 2.75) is 43.9 Å². The second kappa shape index (κ2) is 8.56. The van der Waals surface area contributed by atoms with Crippen molar-refractivity contribution in [1.82, 2.24) is 0 Å². The highest BCUT2D eigenvalue weighted by atomic mass is 32.2. The molecule has 0 aliphatic carbocycles. The molecule has 0 radical (unpaired) electrons. The molecule has 2 aromatic carbocycles. The molecule has 0 aliphatic heterocycles. The number of rotatable bonds is 7. The van der Waals surface area contributed by atoms with E-state index in [1.54, 1.807) is 49.4 Å². The zero-order chi connectivity index (χ0) is 20.9. The molecule has 0 aliphatic rings. The number of anilines is 1. The zero-order valence-electron chi connectivity index (χ0n) is 16.4. The number of carbonyl (C=O) groups is 2. The fourth-order valence-electron chi connectivity index (χ4n) is 2.65. The van der Waals surface area contributed by atoms with Crippen molar-refractivity contribution in [2.75, 3.05) is 11.3 Å². The molecule has 0 saturated heterocycles. The largest absolute Gasteiger partial charge is 0.465 e. The number of nitrogens with one attached hydrogen (secondary N) is 1. The van der Waals surface area contributed by atoms with E-state index in [1.807, 2.05) is 20.8 Å². The third-order valence-corrected chi connectivity index (χ3v) is 5.60. The Labute approximate surface area is 166 Å². The third-order valence-electron chi connectivity index (χ3n) is 4.21. The molecule has 0 spiro atoms. The van der Waals surface area contributed by atoms with Gasteiger partial charge < -0.3 is 9.53 Å². The summed E-state index contributed by atoms with van der Waals surface area (Å²) in [7, 11) is -3.81. The average Bonchev–Trinajstić information content (AvgIpc) is 2.62. The van der Waals surface area contributed by atoms with Gasteiger partial charge in [0.25, 0.3) is 10.0 Å². The molecule has 0 bridgehead atoms. The number of hydrogen-bond acceptors (Lipinski definition) is 5. The van der Waals surface area contributed by atoms with Crippen molar-refractivity contribution in [3.8, 4) is 0 Å². The Hall–Kier alpha value is -2.67. The molecule has 0 heterocycles. The van der Waals surface area contributed by atoms with Gasteiger partial charge in [-0.15, -0.1) is 0 Å². The standard InChI is InChI=1S/C21H25NO5S/c1-5-27-20(24)19(14-23)15-7-6-8-17(13-15)22-28(25,26)18-11-9-16(10-12-18)21(2,3)4/h6-14,19,22H,5H2,1-4H3. The van der Waals surface area contributed by atoms with Gasteiger partial charge in [0.2, 0.25) is 0 Å². The van der Waals surface area contributed by atoms with Gasteiger partial charge >= 0.3 is 5.97 Å². The molecule has 2 aromatic rings. The van der Waals surface area contributed by atoms with Crippen molar-refractivity contribution in [3.05, 3.63) is 59.7 Å². The molecule has 2 rings (SSSR count). The first kappa shape index (κ1) is 21.6. The minimum Gasteiger partial charge on any atom is -0.465 e. The predicted molar refractivity (Wildman–Crippen MR) is 108 cm³/mol. The van der Waals surface area contributed by atoms with Gasteiger partial charge in [-0.05, 0) is 47.7 Å². The van der Waals surface area contributed by atoms with Crippen molar-refractivity contribution in [2.24, 2.45) is 0 Å². The van der Waals surface area contributed by atoms with Crippen molar-refractivity contribution in [1.29, 1.82) is 0 Å².